The lowest BCUT2D eigenvalue weighted by molar-refractivity contribution is 0.0756. The fourth-order valence-electron chi connectivity index (χ4n) is 8.18. The molecule has 5 rings (SSSR count). The average Bonchev–Trinajstić information content (AvgIpc) is 2.90. The van der Waals surface area contributed by atoms with E-state index in [9.17, 15) is 10.2 Å². The van der Waals surface area contributed by atoms with E-state index in [-0.39, 0.29) is 23.0 Å². The highest BCUT2D eigenvalue weighted by molar-refractivity contribution is 5.57. The SMILES string of the molecule is Cc1c(C2(c3ccc4c(c3C)CN(CCC(C)O)CO4)CC(C)CC(C)(C)C2)ccc2c1CN(CCC(C)O)CO2. The summed E-state index contributed by atoms with van der Waals surface area (Å²) in [5.41, 5.74) is 8.24. The van der Waals surface area contributed by atoms with Gasteiger partial charge in [-0.25, -0.2) is 0 Å². The number of hydrogen-bond acceptors (Lipinski definition) is 6. The van der Waals surface area contributed by atoms with Gasteiger partial charge in [-0.15, -0.1) is 0 Å². The Morgan fingerprint density at radius 3 is 1.68 bits per heavy atom. The van der Waals surface area contributed by atoms with Crippen LogP contribution in [0.15, 0.2) is 24.3 Å². The molecule has 0 saturated heterocycles. The van der Waals surface area contributed by atoms with E-state index in [1.165, 1.54) is 39.8 Å². The smallest absolute Gasteiger partial charge is 0.142 e. The predicted molar refractivity (Wildman–Crippen MR) is 164 cm³/mol. The Morgan fingerprint density at radius 2 is 1.27 bits per heavy atom. The number of rotatable bonds is 8. The van der Waals surface area contributed by atoms with Crippen molar-refractivity contribution in [1.29, 1.82) is 0 Å². The van der Waals surface area contributed by atoms with Gasteiger partial charge in [0.1, 0.15) is 25.0 Å². The molecule has 1 saturated carbocycles. The van der Waals surface area contributed by atoms with Gasteiger partial charge in [-0.3, -0.25) is 9.80 Å². The van der Waals surface area contributed by atoms with Crippen LogP contribution in [0.1, 0.15) is 100 Å². The molecule has 1 fully saturated rings. The Bertz CT molecular complexity index is 1160. The van der Waals surface area contributed by atoms with Gasteiger partial charge in [-0.1, -0.05) is 32.9 Å². The zero-order chi connectivity index (χ0) is 29.5. The van der Waals surface area contributed by atoms with Gasteiger partial charge in [-0.2, -0.15) is 0 Å². The van der Waals surface area contributed by atoms with Crippen molar-refractivity contribution in [1.82, 2.24) is 9.80 Å². The van der Waals surface area contributed by atoms with Crippen molar-refractivity contribution in [2.45, 2.75) is 111 Å². The number of benzene rings is 2. The molecule has 3 atom stereocenters. The van der Waals surface area contributed by atoms with E-state index < -0.39 is 0 Å². The van der Waals surface area contributed by atoms with E-state index in [4.69, 9.17) is 9.47 Å². The Hall–Kier alpha value is -2.12. The van der Waals surface area contributed by atoms with Crippen LogP contribution in [0.5, 0.6) is 11.5 Å². The first-order valence-corrected chi connectivity index (χ1v) is 15.7. The van der Waals surface area contributed by atoms with Gasteiger partial charge in [0.05, 0.1) is 12.2 Å². The maximum atomic E-state index is 9.87. The largest absolute Gasteiger partial charge is 0.478 e. The summed E-state index contributed by atoms with van der Waals surface area (Å²) in [6.07, 6.45) is 4.33. The Labute approximate surface area is 247 Å². The summed E-state index contributed by atoms with van der Waals surface area (Å²) in [6.45, 7) is 20.1. The number of nitrogens with zero attached hydrogens (tertiary/aromatic N) is 2. The molecule has 2 N–H and O–H groups in total. The molecule has 6 heteroatoms. The van der Waals surface area contributed by atoms with Crippen molar-refractivity contribution < 1.29 is 19.7 Å². The number of ether oxygens (including phenoxy) is 2. The van der Waals surface area contributed by atoms with E-state index in [1.807, 2.05) is 13.8 Å². The molecule has 2 aliphatic heterocycles. The lowest BCUT2D eigenvalue weighted by Gasteiger charge is -2.50. The monoisotopic (exact) mass is 564 g/mol. The van der Waals surface area contributed by atoms with Gasteiger partial charge in [-0.05, 0) is 106 Å². The maximum absolute atomic E-state index is 9.87. The number of aliphatic hydroxyl groups is 2. The van der Waals surface area contributed by atoms with E-state index in [0.717, 1.165) is 63.4 Å². The first kappa shape index (κ1) is 30.3. The van der Waals surface area contributed by atoms with Crippen LogP contribution in [0, 0.1) is 25.2 Å². The minimum atomic E-state index is -0.308. The molecule has 3 aliphatic rings. The van der Waals surface area contributed by atoms with Gasteiger partial charge in [0.25, 0.3) is 0 Å². The third-order valence-corrected chi connectivity index (χ3v) is 9.82. The molecule has 2 heterocycles. The first-order chi connectivity index (χ1) is 19.4. The lowest BCUT2D eigenvalue weighted by atomic mass is 9.54. The summed E-state index contributed by atoms with van der Waals surface area (Å²) in [4.78, 5) is 4.63. The van der Waals surface area contributed by atoms with Crippen LogP contribution >= 0.6 is 0 Å². The third kappa shape index (κ3) is 6.31. The molecule has 6 nitrogen and oxygen atoms in total. The molecule has 2 aromatic carbocycles. The van der Waals surface area contributed by atoms with Crippen LogP contribution in [-0.4, -0.2) is 58.8 Å². The Kier molecular flexibility index (Phi) is 8.78. The topological polar surface area (TPSA) is 65.4 Å². The second kappa shape index (κ2) is 11.9. The third-order valence-electron chi connectivity index (χ3n) is 9.82. The summed E-state index contributed by atoms with van der Waals surface area (Å²) in [5, 5.41) is 19.7. The van der Waals surface area contributed by atoms with E-state index >= 15 is 0 Å². The highest BCUT2D eigenvalue weighted by Gasteiger charge is 2.47. The fraction of sp³-hybridized carbons (Fsp3) is 0.657. The van der Waals surface area contributed by atoms with Crippen LogP contribution in [0.2, 0.25) is 0 Å². The van der Waals surface area contributed by atoms with E-state index in [1.54, 1.807) is 0 Å². The molecule has 0 spiro atoms. The zero-order valence-electron chi connectivity index (χ0n) is 26.4. The summed E-state index contributed by atoms with van der Waals surface area (Å²) in [6, 6.07) is 9.15. The second-order valence-corrected chi connectivity index (χ2v) is 14.3. The molecular formula is C35H52N2O4. The summed E-state index contributed by atoms with van der Waals surface area (Å²) in [7, 11) is 0. The molecular weight excluding hydrogens is 512 g/mol. The predicted octanol–water partition coefficient (Wildman–Crippen LogP) is 6.28. The normalized spacial score (nSPS) is 25.9. The molecule has 1 aliphatic carbocycles. The van der Waals surface area contributed by atoms with Crippen molar-refractivity contribution in [2.75, 3.05) is 26.6 Å². The van der Waals surface area contributed by atoms with Crippen molar-refractivity contribution >= 4 is 0 Å². The molecule has 41 heavy (non-hydrogen) atoms. The van der Waals surface area contributed by atoms with Crippen LogP contribution in [0.25, 0.3) is 0 Å². The van der Waals surface area contributed by atoms with Crippen LogP contribution in [-0.2, 0) is 18.5 Å². The van der Waals surface area contributed by atoms with Crippen LogP contribution in [0.3, 0.4) is 0 Å². The van der Waals surface area contributed by atoms with Gasteiger partial charge < -0.3 is 19.7 Å². The quantitative estimate of drug-likeness (QED) is 0.393. The second-order valence-electron chi connectivity index (χ2n) is 14.3. The van der Waals surface area contributed by atoms with Crippen molar-refractivity contribution in [3.63, 3.8) is 0 Å². The van der Waals surface area contributed by atoms with Crippen LogP contribution in [0.4, 0.5) is 0 Å². The summed E-state index contributed by atoms with van der Waals surface area (Å²) >= 11 is 0. The van der Waals surface area contributed by atoms with E-state index in [2.05, 4.69) is 68.7 Å². The first-order valence-electron chi connectivity index (χ1n) is 15.7. The molecule has 0 radical (unpaired) electrons. The van der Waals surface area contributed by atoms with E-state index in [0.29, 0.717) is 19.4 Å². The lowest BCUT2D eigenvalue weighted by Crippen LogP contribution is -2.43. The standard InChI is InChI=1S/C35H52N2O4/c1-23-16-34(6,7)20-35(17-23,30-8-10-32-28(26(30)4)18-36(21-40-32)14-12-24(2)38)31-9-11-33-29(27(31)5)19-37(22-41-33)15-13-25(3)39/h8-11,23-25,38-39H,12-22H2,1-7H3. The number of aliphatic hydroxyl groups excluding tert-OH is 2. The minimum Gasteiger partial charge on any atom is -0.478 e. The maximum Gasteiger partial charge on any atom is 0.142 e. The zero-order valence-corrected chi connectivity index (χ0v) is 26.4. The molecule has 2 aromatic rings. The number of hydrogen-bond donors (Lipinski definition) is 2. The molecule has 0 bridgehead atoms. The van der Waals surface area contributed by atoms with Gasteiger partial charge in [0, 0.05) is 42.7 Å². The summed E-state index contributed by atoms with van der Waals surface area (Å²) in [5.74, 6) is 2.60. The Morgan fingerprint density at radius 1 is 0.805 bits per heavy atom. The van der Waals surface area contributed by atoms with Gasteiger partial charge >= 0.3 is 0 Å². The number of fused-ring (bicyclic) bond motifs is 2. The van der Waals surface area contributed by atoms with Crippen molar-refractivity contribution in [3.8, 4) is 11.5 Å². The van der Waals surface area contributed by atoms with Crippen molar-refractivity contribution in [3.05, 3.63) is 57.6 Å². The Balaban J connectivity index is 1.59. The molecule has 3 unspecified atom stereocenters. The van der Waals surface area contributed by atoms with Crippen molar-refractivity contribution in [2.24, 2.45) is 11.3 Å². The fourth-order valence-corrected chi connectivity index (χ4v) is 8.18. The highest BCUT2D eigenvalue weighted by Crippen LogP contribution is 2.56. The minimum absolute atomic E-state index is 0.108. The molecule has 0 aromatic heterocycles. The molecule has 226 valence electrons. The average molecular weight is 565 g/mol. The highest BCUT2D eigenvalue weighted by atomic mass is 16.5. The molecule has 0 amide bonds. The van der Waals surface area contributed by atoms with Gasteiger partial charge in [0.2, 0.25) is 0 Å². The van der Waals surface area contributed by atoms with Crippen LogP contribution < -0.4 is 9.47 Å². The van der Waals surface area contributed by atoms with Gasteiger partial charge in [0.15, 0.2) is 0 Å². The summed E-state index contributed by atoms with van der Waals surface area (Å²) < 4.78 is 12.5.